The zero-order chi connectivity index (χ0) is 11.7. The van der Waals surface area contributed by atoms with Gasteiger partial charge in [-0.3, -0.25) is 0 Å². The molecule has 0 amide bonds. The molecule has 1 unspecified atom stereocenters. The Labute approximate surface area is 102 Å². The van der Waals surface area contributed by atoms with E-state index in [2.05, 4.69) is 6.58 Å². The highest BCUT2D eigenvalue weighted by Crippen LogP contribution is 2.00. The minimum atomic E-state index is -0.472. The maximum atomic E-state index is 11.0. The molecule has 0 aliphatic heterocycles. The summed E-state index contributed by atoms with van der Waals surface area (Å²) in [7, 11) is 0. The van der Waals surface area contributed by atoms with Crippen LogP contribution in [0.2, 0.25) is 0 Å². The molecule has 5 heteroatoms. The van der Waals surface area contributed by atoms with E-state index in [1.165, 1.54) is 6.08 Å². The molecule has 0 aliphatic rings. The van der Waals surface area contributed by atoms with E-state index in [0.717, 1.165) is 6.08 Å². The zero-order valence-corrected chi connectivity index (χ0v) is 10.6. The van der Waals surface area contributed by atoms with Crippen LogP contribution in [-0.2, 0) is 19.1 Å². The number of carbonyl (C=O) groups is 2. The highest BCUT2D eigenvalue weighted by Gasteiger charge is 2.07. The van der Waals surface area contributed by atoms with Gasteiger partial charge in [-0.15, -0.1) is 0 Å². The molecule has 0 radical (unpaired) electrons. The Kier molecular flexibility index (Phi) is 7.98. The number of esters is 2. The number of hydrogen-bond acceptors (Lipinski definition) is 4. The minimum Gasteiger partial charge on any atom is -0.462 e. The fourth-order valence-corrected chi connectivity index (χ4v) is 1.03. The lowest BCUT2D eigenvalue weighted by atomic mass is 10.3. The van der Waals surface area contributed by atoms with Gasteiger partial charge in [-0.2, -0.15) is 0 Å². The van der Waals surface area contributed by atoms with Gasteiger partial charge in [0.25, 0.3) is 0 Å². The van der Waals surface area contributed by atoms with Crippen LogP contribution in [0.5, 0.6) is 0 Å². The SMILES string of the molecule is C=CC(=O)OCCC(C)OC(=O)/C=C/I. The van der Waals surface area contributed by atoms with Gasteiger partial charge in [0.05, 0.1) is 6.61 Å². The van der Waals surface area contributed by atoms with Gasteiger partial charge in [-0.05, 0) is 11.0 Å². The van der Waals surface area contributed by atoms with E-state index >= 15 is 0 Å². The summed E-state index contributed by atoms with van der Waals surface area (Å²) in [6.07, 6.45) is 2.62. The second-order valence-electron chi connectivity index (χ2n) is 2.70. The molecule has 0 bridgehead atoms. The van der Waals surface area contributed by atoms with Gasteiger partial charge < -0.3 is 9.47 Å². The van der Waals surface area contributed by atoms with Crippen LogP contribution >= 0.6 is 22.6 Å². The van der Waals surface area contributed by atoms with Crippen LogP contribution in [0.25, 0.3) is 0 Å². The van der Waals surface area contributed by atoms with Crippen molar-refractivity contribution >= 4 is 34.5 Å². The maximum absolute atomic E-state index is 11.0. The van der Waals surface area contributed by atoms with Crippen molar-refractivity contribution in [1.29, 1.82) is 0 Å². The molecule has 0 aromatic rings. The Morgan fingerprint density at radius 1 is 1.47 bits per heavy atom. The first-order chi connectivity index (χ1) is 7.10. The van der Waals surface area contributed by atoms with Crippen LogP contribution in [0.15, 0.2) is 22.8 Å². The van der Waals surface area contributed by atoms with E-state index in [0.29, 0.717) is 6.42 Å². The van der Waals surface area contributed by atoms with Crippen molar-refractivity contribution in [3.8, 4) is 0 Å². The quantitative estimate of drug-likeness (QED) is 0.426. The fourth-order valence-electron chi connectivity index (χ4n) is 0.732. The first-order valence-corrected chi connectivity index (χ1v) is 5.61. The number of rotatable bonds is 6. The Bertz CT molecular complexity index is 260. The molecule has 0 saturated carbocycles. The second kappa shape index (κ2) is 8.46. The molecular weight excluding hydrogens is 311 g/mol. The molecule has 0 aromatic carbocycles. The largest absolute Gasteiger partial charge is 0.462 e. The van der Waals surface area contributed by atoms with Crippen LogP contribution < -0.4 is 0 Å². The van der Waals surface area contributed by atoms with E-state index in [-0.39, 0.29) is 12.7 Å². The lowest BCUT2D eigenvalue weighted by molar-refractivity contribution is -0.144. The van der Waals surface area contributed by atoms with Crippen molar-refractivity contribution < 1.29 is 19.1 Å². The number of carbonyl (C=O) groups excluding carboxylic acids is 2. The molecule has 0 saturated heterocycles. The molecule has 84 valence electrons. The lowest BCUT2D eigenvalue weighted by Crippen LogP contribution is -2.16. The predicted octanol–water partition coefficient (Wildman–Crippen LogP) is 1.99. The molecule has 0 rings (SSSR count). The smallest absolute Gasteiger partial charge is 0.331 e. The highest BCUT2D eigenvalue weighted by atomic mass is 127. The standard InChI is InChI=1S/C10H13IO4/c1-3-9(12)14-7-5-8(2)15-10(13)4-6-11/h3-4,6,8H,1,5,7H2,2H3/b6-4+. The molecule has 0 spiro atoms. The summed E-state index contributed by atoms with van der Waals surface area (Å²) in [5.41, 5.74) is 0. The topological polar surface area (TPSA) is 52.6 Å². The third kappa shape index (κ3) is 8.17. The van der Waals surface area contributed by atoms with E-state index < -0.39 is 11.9 Å². The zero-order valence-electron chi connectivity index (χ0n) is 8.44. The van der Waals surface area contributed by atoms with Gasteiger partial charge in [-0.25, -0.2) is 9.59 Å². The van der Waals surface area contributed by atoms with Crippen LogP contribution in [0.4, 0.5) is 0 Å². The molecule has 4 nitrogen and oxygen atoms in total. The average molecular weight is 324 g/mol. The lowest BCUT2D eigenvalue weighted by Gasteiger charge is -2.11. The van der Waals surface area contributed by atoms with E-state index in [4.69, 9.17) is 9.47 Å². The van der Waals surface area contributed by atoms with Gasteiger partial charge >= 0.3 is 11.9 Å². The first-order valence-electron chi connectivity index (χ1n) is 4.36. The number of ether oxygens (including phenoxy) is 2. The summed E-state index contributed by atoms with van der Waals surface area (Å²) < 4.78 is 11.3. The van der Waals surface area contributed by atoms with Crippen molar-refractivity contribution in [2.45, 2.75) is 19.4 Å². The molecular formula is C10H13IO4. The Balaban J connectivity index is 3.65. The van der Waals surface area contributed by atoms with Crippen molar-refractivity contribution in [3.63, 3.8) is 0 Å². The van der Waals surface area contributed by atoms with Crippen LogP contribution in [0.1, 0.15) is 13.3 Å². The summed E-state index contributed by atoms with van der Waals surface area (Å²) >= 11 is 1.93. The van der Waals surface area contributed by atoms with Gasteiger partial charge in [-0.1, -0.05) is 29.2 Å². The molecule has 0 fully saturated rings. The Morgan fingerprint density at radius 3 is 2.67 bits per heavy atom. The maximum Gasteiger partial charge on any atom is 0.331 e. The van der Waals surface area contributed by atoms with Gasteiger partial charge in [0.2, 0.25) is 0 Å². The van der Waals surface area contributed by atoms with Crippen LogP contribution in [-0.4, -0.2) is 24.6 Å². The summed E-state index contributed by atoms with van der Waals surface area (Å²) in [5, 5.41) is 0. The second-order valence-corrected chi connectivity index (χ2v) is 3.42. The molecule has 1 atom stereocenters. The third-order valence-corrected chi connectivity index (χ3v) is 1.81. The molecule has 15 heavy (non-hydrogen) atoms. The van der Waals surface area contributed by atoms with Crippen LogP contribution in [0.3, 0.4) is 0 Å². The number of halogens is 1. The molecule has 0 heterocycles. The van der Waals surface area contributed by atoms with Gasteiger partial charge in [0.15, 0.2) is 0 Å². The highest BCUT2D eigenvalue weighted by molar-refractivity contribution is 14.1. The monoisotopic (exact) mass is 324 g/mol. The van der Waals surface area contributed by atoms with E-state index in [1.54, 1.807) is 11.0 Å². The summed E-state index contributed by atoms with van der Waals surface area (Å²) in [6.45, 7) is 5.21. The van der Waals surface area contributed by atoms with Crippen LogP contribution in [0, 0.1) is 0 Å². The first kappa shape index (κ1) is 14.2. The molecule has 0 N–H and O–H groups in total. The van der Waals surface area contributed by atoms with Gasteiger partial charge in [0, 0.05) is 18.6 Å². The van der Waals surface area contributed by atoms with E-state index in [1.807, 2.05) is 22.6 Å². The number of hydrogen-bond donors (Lipinski definition) is 0. The molecule has 0 aromatic heterocycles. The molecule has 0 aliphatic carbocycles. The summed E-state index contributed by atoms with van der Waals surface area (Å²) in [6, 6.07) is 0. The normalized spacial score (nSPS) is 12.1. The third-order valence-electron chi connectivity index (χ3n) is 1.45. The summed E-state index contributed by atoms with van der Waals surface area (Å²) in [4.78, 5) is 21.6. The minimum absolute atomic E-state index is 0.216. The van der Waals surface area contributed by atoms with Gasteiger partial charge in [0.1, 0.15) is 6.10 Å². The van der Waals surface area contributed by atoms with Crippen molar-refractivity contribution in [3.05, 3.63) is 22.8 Å². The van der Waals surface area contributed by atoms with E-state index in [9.17, 15) is 9.59 Å². The average Bonchev–Trinajstić information content (AvgIpc) is 2.17. The summed E-state index contributed by atoms with van der Waals surface area (Å²) in [5.74, 6) is -0.868. The van der Waals surface area contributed by atoms with Crippen molar-refractivity contribution in [2.24, 2.45) is 0 Å². The fraction of sp³-hybridized carbons (Fsp3) is 0.400. The van der Waals surface area contributed by atoms with Crippen molar-refractivity contribution in [1.82, 2.24) is 0 Å². The Morgan fingerprint density at radius 2 is 2.13 bits per heavy atom. The predicted molar refractivity (Wildman–Crippen MR) is 64.5 cm³/mol. The Hall–Kier alpha value is -0.850. The van der Waals surface area contributed by atoms with Crippen molar-refractivity contribution in [2.75, 3.05) is 6.61 Å².